The lowest BCUT2D eigenvalue weighted by molar-refractivity contribution is 0.0953. The van der Waals surface area contributed by atoms with Crippen LogP contribution in [0.3, 0.4) is 0 Å². The highest BCUT2D eigenvalue weighted by molar-refractivity contribution is 7.99. The van der Waals surface area contributed by atoms with Gasteiger partial charge in [-0.05, 0) is 6.07 Å². The fraction of sp³-hybridized carbons (Fsp3) is 0.364. The molecule has 15 heavy (non-hydrogen) atoms. The number of carbonyl (C=O) groups excluding carboxylic acids is 1. The van der Waals surface area contributed by atoms with E-state index in [0.29, 0.717) is 24.7 Å². The van der Waals surface area contributed by atoms with Crippen LogP contribution in [0.5, 0.6) is 0 Å². The van der Waals surface area contributed by atoms with Crippen molar-refractivity contribution in [1.29, 1.82) is 0 Å². The highest BCUT2D eigenvalue weighted by atomic mass is 32.2. The normalized spacial score (nSPS) is 10.2. The van der Waals surface area contributed by atoms with Crippen LogP contribution >= 0.6 is 11.8 Å². The van der Waals surface area contributed by atoms with Crippen molar-refractivity contribution in [3.8, 4) is 0 Å². The zero-order valence-electron chi connectivity index (χ0n) is 8.64. The molecular formula is C11H14O3S. The standard InChI is InChI=1S/C11H14O3S/c1-13-6-7-14-9-15-11-5-3-2-4-10(11)8-12/h2-5,8H,6-7,9H2,1H3. The molecule has 0 bridgehead atoms. The van der Waals surface area contributed by atoms with Crippen LogP contribution in [0, 0.1) is 0 Å². The first-order valence-electron chi connectivity index (χ1n) is 4.62. The Morgan fingerprint density at radius 1 is 1.33 bits per heavy atom. The third kappa shape index (κ3) is 4.46. The summed E-state index contributed by atoms with van der Waals surface area (Å²) >= 11 is 1.51. The average molecular weight is 226 g/mol. The van der Waals surface area contributed by atoms with Crippen LogP contribution in [0.1, 0.15) is 10.4 Å². The number of hydrogen-bond donors (Lipinski definition) is 0. The Kier molecular flexibility index (Phi) is 6.08. The number of aldehydes is 1. The Bertz CT molecular complexity index is 302. The fourth-order valence-electron chi connectivity index (χ4n) is 1.02. The minimum absolute atomic E-state index is 0.536. The van der Waals surface area contributed by atoms with Crippen molar-refractivity contribution in [2.24, 2.45) is 0 Å². The Morgan fingerprint density at radius 2 is 2.13 bits per heavy atom. The van der Waals surface area contributed by atoms with E-state index in [4.69, 9.17) is 9.47 Å². The quantitative estimate of drug-likeness (QED) is 0.309. The van der Waals surface area contributed by atoms with Crippen LogP contribution in [-0.2, 0) is 9.47 Å². The van der Waals surface area contributed by atoms with Gasteiger partial charge in [-0.25, -0.2) is 0 Å². The summed E-state index contributed by atoms with van der Waals surface area (Å²) in [7, 11) is 1.64. The Labute approximate surface area is 93.8 Å². The van der Waals surface area contributed by atoms with Crippen LogP contribution in [0.2, 0.25) is 0 Å². The number of rotatable bonds is 7. The molecule has 0 N–H and O–H groups in total. The van der Waals surface area contributed by atoms with Gasteiger partial charge in [0.2, 0.25) is 0 Å². The molecule has 0 atom stereocenters. The molecule has 0 amide bonds. The van der Waals surface area contributed by atoms with Crippen molar-refractivity contribution in [2.45, 2.75) is 4.90 Å². The van der Waals surface area contributed by atoms with Gasteiger partial charge in [-0.3, -0.25) is 4.79 Å². The molecule has 0 spiro atoms. The molecule has 4 heteroatoms. The molecule has 0 aromatic heterocycles. The highest BCUT2D eigenvalue weighted by Crippen LogP contribution is 2.21. The summed E-state index contributed by atoms with van der Waals surface area (Å²) in [6.07, 6.45) is 0.859. The maximum Gasteiger partial charge on any atom is 0.151 e. The molecule has 0 saturated carbocycles. The maximum atomic E-state index is 10.7. The molecule has 0 heterocycles. The SMILES string of the molecule is COCCOCSc1ccccc1C=O. The molecule has 0 radical (unpaired) electrons. The number of methoxy groups -OCH3 is 1. The zero-order valence-corrected chi connectivity index (χ0v) is 9.46. The fourth-order valence-corrected chi connectivity index (χ4v) is 1.80. The predicted molar refractivity (Wildman–Crippen MR) is 60.4 cm³/mol. The maximum absolute atomic E-state index is 10.7. The Hall–Kier alpha value is -0.840. The largest absolute Gasteiger partial charge is 0.382 e. The van der Waals surface area contributed by atoms with E-state index in [2.05, 4.69) is 0 Å². The Morgan fingerprint density at radius 3 is 2.87 bits per heavy atom. The van der Waals surface area contributed by atoms with Crippen molar-refractivity contribution in [3.63, 3.8) is 0 Å². The van der Waals surface area contributed by atoms with Gasteiger partial charge in [0.15, 0.2) is 6.29 Å². The molecular weight excluding hydrogens is 212 g/mol. The Balaban J connectivity index is 2.33. The van der Waals surface area contributed by atoms with Gasteiger partial charge in [-0.1, -0.05) is 30.0 Å². The van der Waals surface area contributed by atoms with Crippen LogP contribution in [0.15, 0.2) is 29.2 Å². The first-order valence-corrected chi connectivity index (χ1v) is 5.60. The molecule has 0 fully saturated rings. The van der Waals surface area contributed by atoms with E-state index in [1.807, 2.05) is 18.2 Å². The topological polar surface area (TPSA) is 35.5 Å². The van der Waals surface area contributed by atoms with Crippen molar-refractivity contribution < 1.29 is 14.3 Å². The van der Waals surface area contributed by atoms with E-state index >= 15 is 0 Å². The van der Waals surface area contributed by atoms with Crippen molar-refractivity contribution in [1.82, 2.24) is 0 Å². The van der Waals surface area contributed by atoms with E-state index in [1.54, 1.807) is 13.2 Å². The summed E-state index contributed by atoms with van der Waals surface area (Å²) in [5.41, 5.74) is 0.706. The number of carbonyl (C=O) groups is 1. The molecule has 1 aromatic carbocycles. The molecule has 3 nitrogen and oxygen atoms in total. The third-order valence-corrected chi connectivity index (χ3v) is 2.74. The van der Waals surface area contributed by atoms with Crippen molar-refractivity contribution >= 4 is 18.0 Å². The summed E-state index contributed by atoms with van der Waals surface area (Å²) in [4.78, 5) is 11.6. The van der Waals surface area contributed by atoms with Crippen LogP contribution in [-0.4, -0.2) is 32.5 Å². The van der Waals surface area contributed by atoms with Crippen molar-refractivity contribution in [3.05, 3.63) is 29.8 Å². The number of ether oxygens (including phenoxy) is 2. The molecule has 0 unspecified atom stereocenters. The lowest BCUT2D eigenvalue weighted by Gasteiger charge is -2.05. The number of hydrogen-bond acceptors (Lipinski definition) is 4. The summed E-state index contributed by atoms with van der Waals surface area (Å²) in [5.74, 6) is 0.536. The molecule has 82 valence electrons. The summed E-state index contributed by atoms with van der Waals surface area (Å²) < 4.78 is 10.1. The first-order chi connectivity index (χ1) is 7.38. The molecule has 0 saturated heterocycles. The van der Waals surface area contributed by atoms with Crippen LogP contribution in [0.25, 0.3) is 0 Å². The van der Waals surface area contributed by atoms with E-state index in [1.165, 1.54) is 11.8 Å². The third-order valence-electron chi connectivity index (χ3n) is 1.78. The van der Waals surface area contributed by atoms with Gasteiger partial charge < -0.3 is 9.47 Å². The van der Waals surface area contributed by atoms with Gasteiger partial charge in [-0.2, -0.15) is 0 Å². The molecule has 0 aliphatic carbocycles. The number of benzene rings is 1. The van der Waals surface area contributed by atoms with Crippen molar-refractivity contribution in [2.75, 3.05) is 26.3 Å². The smallest absolute Gasteiger partial charge is 0.151 e. The summed E-state index contributed by atoms with van der Waals surface area (Å²) in [6.45, 7) is 1.17. The van der Waals surface area contributed by atoms with Gasteiger partial charge in [0.05, 0.1) is 19.2 Å². The van der Waals surface area contributed by atoms with Gasteiger partial charge in [0, 0.05) is 17.6 Å². The van der Waals surface area contributed by atoms with Gasteiger partial charge >= 0.3 is 0 Å². The van der Waals surface area contributed by atoms with Crippen LogP contribution < -0.4 is 0 Å². The molecule has 1 aromatic rings. The minimum atomic E-state index is 0.536. The van der Waals surface area contributed by atoms with E-state index in [0.717, 1.165) is 11.2 Å². The lowest BCUT2D eigenvalue weighted by Crippen LogP contribution is -2.01. The second kappa shape index (κ2) is 7.45. The number of thioether (sulfide) groups is 1. The monoisotopic (exact) mass is 226 g/mol. The highest BCUT2D eigenvalue weighted by Gasteiger charge is 2.00. The predicted octanol–water partition coefficient (Wildman–Crippen LogP) is 2.21. The molecule has 0 aliphatic rings. The van der Waals surface area contributed by atoms with Gasteiger partial charge in [0.25, 0.3) is 0 Å². The zero-order chi connectivity index (χ0) is 10.9. The molecule has 1 rings (SSSR count). The summed E-state index contributed by atoms with van der Waals surface area (Å²) in [5, 5.41) is 0. The second-order valence-corrected chi connectivity index (χ2v) is 3.78. The van der Waals surface area contributed by atoms with E-state index in [9.17, 15) is 4.79 Å². The molecule has 0 aliphatic heterocycles. The van der Waals surface area contributed by atoms with Gasteiger partial charge in [0.1, 0.15) is 0 Å². The summed E-state index contributed by atoms with van der Waals surface area (Å²) in [6, 6.07) is 7.46. The lowest BCUT2D eigenvalue weighted by atomic mass is 10.2. The van der Waals surface area contributed by atoms with E-state index < -0.39 is 0 Å². The average Bonchev–Trinajstić information content (AvgIpc) is 2.29. The second-order valence-electron chi connectivity index (χ2n) is 2.82. The minimum Gasteiger partial charge on any atom is -0.382 e. The van der Waals surface area contributed by atoms with E-state index in [-0.39, 0.29) is 0 Å². The van der Waals surface area contributed by atoms with Gasteiger partial charge in [-0.15, -0.1) is 0 Å². The first kappa shape index (κ1) is 12.2. The van der Waals surface area contributed by atoms with Crippen LogP contribution in [0.4, 0.5) is 0 Å².